The first-order chi connectivity index (χ1) is 16.5. The van der Waals surface area contributed by atoms with E-state index in [4.69, 9.17) is 4.74 Å². The minimum atomic E-state index is -0.876. The Hall–Kier alpha value is -3.51. The number of nitriles is 1. The van der Waals surface area contributed by atoms with Crippen LogP contribution in [0.1, 0.15) is 37.7 Å². The second kappa shape index (κ2) is 8.69. The van der Waals surface area contributed by atoms with Crippen LogP contribution in [0.4, 0.5) is 17.3 Å². The molecule has 2 saturated heterocycles. The van der Waals surface area contributed by atoms with Crippen molar-refractivity contribution >= 4 is 29.1 Å². The largest absolute Gasteiger partial charge is 0.381 e. The van der Waals surface area contributed by atoms with Crippen LogP contribution in [-0.4, -0.2) is 48.6 Å². The fourth-order valence-electron chi connectivity index (χ4n) is 5.28. The van der Waals surface area contributed by atoms with Gasteiger partial charge in [-0.15, -0.1) is 0 Å². The van der Waals surface area contributed by atoms with E-state index in [0.717, 1.165) is 24.1 Å². The van der Waals surface area contributed by atoms with Crippen LogP contribution in [0.2, 0.25) is 0 Å². The molecule has 9 nitrogen and oxygen atoms in total. The van der Waals surface area contributed by atoms with Gasteiger partial charge in [0.25, 0.3) is 0 Å². The van der Waals surface area contributed by atoms with Crippen molar-refractivity contribution in [3.63, 3.8) is 0 Å². The molecule has 3 aliphatic rings. The SMILES string of the molecule is CNC(=O)C1(c2ccc(Nc3cc(N4CC[C@@](C#N)(C5CC5)C4=O)ccn3)nc2)CCOCC1. The Morgan fingerprint density at radius 2 is 1.97 bits per heavy atom. The first-order valence-electron chi connectivity index (χ1n) is 11.8. The summed E-state index contributed by atoms with van der Waals surface area (Å²) in [6.07, 6.45) is 7.07. The molecule has 2 aliphatic heterocycles. The summed E-state index contributed by atoms with van der Waals surface area (Å²) in [4.78, 5) is 36.4. The second-order valence-electron chi connectivity index (χ2n) is 9.29. The monoisotopic (exact) mass is 460 g/mol. The lowest BCUT2D eigenvalue weighted by Crippen LogP contribution is -2.47. The van der Waals surface area contributed by atoms with Crippen molar-refractivity contribution in [1.82, 2.24) is 15.3 Å². The number of hydrogen-bond acceptors (Lipinski definition) is 7. The third-order valence-electron chi connectivity index (χ3n) is 7.47. The normalized spacial score (nSPS) is 23.9. The summed E-state index contributed by atoms with van der Waals surface area (Å²) >= 11 is 0. The molecule has 2 N–H and O–H groups in total. The summed E-state index contributed by atoms with van der Waals surface area (Å²) < 4.78 is 5.47. The number of anilines is 3. The van der Waals surface area contributed by atoms with Crippen molar-refractivity contribution < 1.29 is 14.3 Å². The van der Waals surface area contributed by atoms with E-state index in [1.54, 1.807) is 36.5 Å². The van der Waals surface area contributed by atoms with E-state index in [-0.39, 0.29) is 17.7 Å². The van der Waals surface area contributed by atoms with Crippen LogP contribution in [0, 0.1) is 22.7 Å². The maximum Gasteiger partial charge on any atom is 0.247 e. The number of nitrogens with zero attached hydrogens (tertiary/aromatic N) is 4. The number of hydrogen-bond donors (Lipinski definition) is 2. The van der Waals surface area contributed by atoms with Crippen LogP contribution in [0.5, 0.6) is 0 Å². The molecule has 1 aliphatic carbocycles. The quantitative estimate of drug-likeness (QED) is 0.680. The molecule has 0 radical (unpaired) electrons. The summed E-state index contributed by atoms with van der Waals surface area (Å²) in [7, 11) is 1.65. The molecule has 9 heteroatoms. The Labute approximate surface area is 198 Å². The predicted molar refractivity (Wildman–Crippen MR) is 125 cm³/mol. The average molecular weight is 461 g/mol. The molecule has 34 heavy (non-hydrogen) atoms. The molecule has 176 valence electrons. The van der Waals surface area contributed by atoms with Gasteiger partial charge in [-0.25, -0.2) is 9.97 Å². The van der Waals surface area contributed by atoms with Crippen LogP contribution in [-0.2, 0) is 19.7 Å². The zero-order chi connectivity index (χ0) is 23.8. The highest BCUT2D eigenvalue weighted by molar-refractivity contribution is 6.02. The van der Waals surface area contributed by atoms with E-state index in [0.29, 0.717) is 50.7 Å². The van der Waals surface area contributed by atoms with Gasteiger partial charge in [0, 0.05) is 51.0 Å². The molecular weight excluding hydrogens is 432 g/mol. The number of carbonyl (C=O) groups is 2. The zero-order valence-corrected chi connectivity index (χ0v) is 19.2. The number of rotatable bonds is 6. The lowest BCUT2D eigenvalue weighted by Gasteiger charge is -2.35. The Kier molecular flexibility index (Phi) is 5.70. The number of ether oxygens (including phenoxy) is 1. The third kappa shape index (κ3) is 3.68. The van der Waals surface area contributed by atoms with Crippen LogP contribution in [0.3, 0.4) is 0 Å². The van der Waals surface area contributed by atoms with Gasteiger partial charge in [-0.3, -0.25) is 9.59 Å². The maximum atomic E-state index is 13.1. The Bertz CT molecular complexity index is 1130. The van der Waals surface area contributed by atoms with Gasteiger partial charge in [0.15, 0.2) is 0 Å². The molecule has 2 amide bonds. The fourth-order valence-corrected chi connectivity index (χ4v) is 5.28. The second-order valence-corrected chi connectivity index (χ2v) is 9.29. The average Bonchev–Trinajstić information content (AvgIpc) is 3.68. The van der Waals surface area contributed by atoms with Gasteiger partial charge in [0.05, 0.1) is 11.5 Å². The highest BCUT2D eigenvalue weighted by Gasteiger charge is 2.56. The van der Waals surface area contributed by atoms with E-state index in [9.17, 15) is 14.9 Å². The minimum absolute atomic E-state index is 0.0254. The van der Waals surface area contributed by atoms with Crippen LogP contribution >= 0.6 is 0 Å². The maximum absolute atomic E-state index is 13.1. The van der Waals surface area contributed by atoms with E-state index in [1.165, 1.54) is 0 Å². The summed E-state index contributed by atoms with van der Waals surface area (Å²) in [5.74, 6) is 1.20. The Morgan fingerprint density at radius 3 is 2.62 bits per heavy atom. The molecule has 0 bridgehead atoms. The molecule has 3 fully saturated rings. The number of aromatic nitrogens is 2. The topological polar surface area (TPSA) is 120 Å². The van der Waals surface area contributed by atoms with Crippen molar-refractivity contribution in [3.8, 4) is 6.07 Å². The molecule has 1 saturated carbocycles. The lowest BCUT2D eigenvalue weighted by atomic mass is 9.74. The van der Waals surface area contributed by atoms with Crippen molar-refractivity contribution in [2.24, 2.45) is 11.3 Å². The summed E-state index contributed by atoms with van der Waals surface area (Å²) in [6.45, 7) is 1.60. The highest BCUT2D eigenvalue weighted by Crippen LogP contribution is 2.52. The van der Waals surface area contributed by atoms with Gasteiger partial charge in [0.1, 0.15) is 17.1 Å². The molecular formula is C25H28N6O3. The standard InChI is InChI=1S/C25H28N6O3/c1-27-22(32)24(8-12-34-13-9-24)18-4-5-20(29-15-18)30-21-14-19(6-10-28-21)31-11-7-25(16-26,23(31)33)17-2-3-17/h4-6,10,14-15,17H,2-3,7-9,11-13H2,1H3,(H,27,32)(H,28,29,30)/t25-/m1/s1. The van der Waals surface area contributed by atoms with Gasteiger partial charge >= 0.3 is 0 Å². The molecule has 1 atom stereocenters. The van der Waals surface area contributed by atoms with E-state index < -0.39 is 10.8 Å². The molecule has 0 unspecified atom stereocenters. The minimum Gasteiger partial charge on any atom is -0.381 e. The number of carbonyl (C=O) groups excluding carboxylic acids is 2. The first-order valence-corrected chi connectivity index (χ1v) is 11.8. The summed E-state index contributed by atoms with van der Waals surface area (Å²) in [5.41, 5.74) is 0.0662. The summed E-state index contributed by atoms with van der Waals surface area (Å²) in [6, 6.07) is 9.67. The highest BCUT2D eigenvalue weighted by atomic mass is 16.5. The molecule has 2 aromatic rings. The smallest absolute Gasteiger partial charge is 0.247 e. The van der Waals surface area contributed by atoms with Crippen molar-refractivity contribution in [1.29, 1.82) is 5.26 Å². The Morgan fingerprint density at radius 1 is 1.18 bits per heavy atom. The van der Waals surface area contributed by atoms with E-state index >= 15 is 0 Å². The number of nitrogens with one attached hydrogen (secondary N) is 2. The fraction of sp³-hybridized carbons (Fsp3) is 0.480. The molecule has 2 aromatic heterocycles. The van der Waals surface area contributed by atoms with Crippen LogP contribution in [0.15, 0.2) is 36.7 Å². The third-order valence-corrected chi connectivity index (χ3v) is 7.47. The molecule has 0 spiro atoms. The number of likely N-dealkylation sites (N-methyl/N-ethyl adjacent to an activating group) is 1. The van der Waals surface area contributed by atoms with Crippen molar-refractivity contribution in [2.75, 3.05) is 37.0 Å². The summed E-state index contributed by atoms with van der Waals surface area (Å²) in [5, 5.41) is 15.7. The van der Waals surface area contributed by atoms with Crippen molar-refractivity contribution in [2.45, 2.75) is 37.5 Å². The predicted octanol–water partition coefficient (Wildman–Crippen LogP) is 2.67. The number of pyridine rings is 2. The van der Waals surface area contributed by atoms with Gasteiger partial charge < -0.3 is 20.3 Å². The molecule has 4 heterocycles. The van der Waals surface area contributed by atoms with E-state index in [2.05, 4.69) is 26.7 Å². The van der Waals surface area contributed by atoms with Gasteiger partial charge in [-0.1, -0.05) is 6.07 Å². The van der Waals surface area contributed by atoms with Gasteiger partial charge in [-0.05, 0) is 55.7 Å². The number of amides is 2. The zero-order valence-electron chi connectivity index (χ0n) is 19.2. The van der Waals surface area contributed by atoms with Crippen LogP contribution < -0.4 is 15.5 Å². The van der Waals surface area contributed by atoms with E-state index in [1.807, 2.05) is 12.1 Å². The van der Waals surface area contributed by atoms with Gasteiger partial charge in [-0.2, -0.15) is 5.26 Å². The molecule has 5 rings (SSSR count). The lowest BCUT2D eigenvalue weighted by molar-refractivity contribution is -0.130. The van der Waals surface area contributed by atoms with Gasteiger partial charge in [0.2, 0.25) is 11.8 Å². The van der Waals surface area contributed by atoms with Crippen molar-refractivity contribution in [3.05, 3.63) is 42.2 Å². The first kappa shape index (κ1) is 22.3. The Balaban J connectivity index is 1.33. The van der Waals surface area contributed by atoms with Crippen LogP contribution in [0.25, 0.3) is 0 Å². The molecule has 0 aromatic carbocycles.